The molecule has 3 rings (SSSR count). The van der Waals surface area contributed by atoms with Crippen molar-refractivity contribution in [1.29, 1.82) is 0 Å². The van der Waals surface area contributed by atoms with Crippen molar-refractivity contribution < 1.29 is 9.53 Å². The van der Waals surface area contributed by atoms with Gasteiger partial charge in [0.2, 0.25) is 5.91 Å². The Morgan fingerprint density at radius 2 is 1.82 bits per heavy atom. The lowest BCUT2D eigenvalue weighted by Gasteiger charge is -2.24. The van der Waals surface area contributed by atoms with E-state index in [1.54, 1.807) is 42.0 Å². The van der Waals surface area contributed by atoms with Gasteiger partial charge in [0, 0.05) is 29.3 Å². The summed E-state index contributed by atoms with van der Waals surface area (Å²) >= 11 is 5.08. The number of aromatic nitrogens is 1. The summed E-state index contributed by atoms with van der Waals surface area (Å²) in [6, 6.07) is 14.3. The molecule has 1 heterocycles. The van der Waals surface area contributed by atoms with Crippen molar-refractivity contribution >= 4 is 68.5 Å². The van der Waals surface area contributed by atoms with Crippen LogP contribution in [-0.2, 0) is 4.79 Å². The number of hydrogen-bond donors (Lipinski definition) is 0. The molecule has 0 bridgehead atoms. The smallest absolute Gasteiger partial charge is 0.228 e. The molecule has 0 aliphatic rings. The third-order valence-corrected chi connectivity index (χ3v) is 8.43. The van der Waals surface area contributed by atoms with Crippen molar-refractivity contribution in [2.24, 2.45) is 0 Å². The Morgan fingerprint density at radius 3 is 2.47 bits per heavy atom. The minimum absolute atomic E-state index is 0. The average Bonchev–Trinajstić information content (AvgIpc) is 3.28. The van der Waals surface area contributed by atoms with E-state index in [0.29, 0.717) is 13.0 Å². The Hall–Kier alpha value is -1.45. The topological polar surface area (TPSA) is 45.7 Å². The van der Waals surface area contributed by atoms with Gasteiger partial charge in [-0.25, -0.2) is 4.98 Å². The highest BCUT2D eigenvalue weighted by Gasteiger charge is 2.21. The summed E-state index contributed by atoms with van der Waals surface area (Å²) in [5.41, 5.74) is 1.00. The molecule has 0 radical (unpaired) electrons. The van der Waals surface area contributed by atoms with Crippen molar-refractivity contribution in [2.45, 2.75) is 36.5 Å². The van der Waals surface area contributed by atoms with Crippen molar-refractivity contribution in [3.8, 4) is 5.75 Å². The zero-order valence-electron chi connectivity index (χ0n) is 20.3. The highest BCUT2D eigenvalue weighted by atomic mass is 35.5. The molecule has 0 atom stereocenters. The number of hydrogen-bond acceptors (Lipinski definition) is 7. The van der Waals surface area contributed by atoms with E-state index < -0.39 is 0 Å². The number of rotatable bonds is 13. The fourth-order valence-corrected chi connectivity index (χ4v) is 6.04. The average molecular weight is 540 g/mol. The number of carbonyl (C=O) groups is 1. The first-order valence-electron chi connectivity index (χ1n) is 11.3. The van der Waals surface area contributed by atoms with E-state index in [4.69, 9.17) is 9.72 Å². The minimum atomic E-state index is 0. The first kappa shape index (κ1) is 28.8. The summed E-state index contributed by atoms with van der Waals surface area (Å²) in [7, 11) is 1.67. The van der Waals surface area contributed by atoms with Gasteiger partial charge in [0.1, 0.15) is 5.75 Å². The molecule has 0 spiro atoms. The predicted molar refractivity (Wildman–Crippen MR) is 152 cm³/mol. The molecule has 0 saturated carbocycles. The summed E-state index contributed by atoms with van der Waals surface area (Å²) in [4.78, 5) is 24.8. The summed E-state index contributed by atoms with van der Waals surface area (Å²) in [6.07, 6.45) is 3.42. The lowest BCUT2D eigenvalue weighted by molar-refractivity contribution is -0.118. The van der Waals surface area contributed by atoms with Gasteiger partial charge in [-0.2, -0.15) is 0 Å². The number of para-hydroxylation sites is 1. The van der Waals surface area contributed by atoms with Crippen LogP contribution in [0.1, 0.15) is 26.7 Å². The van der Waals surface area contributed by atoms with Crippen molar-refractivity contribution in [1.82, 2.24) is 9.88 Å². The highest BCUT2D eigenvalue weighted by molar-refractivity contribution is 7.99. The van der Waals surface area contributed by atoms with Gasteiger partial charge in [0.05, 0.1) is 17.3 Å². The van der Waals surface area contributed by atoms with Gasteiger partial charge in [0.25, 0.3) is 0 Å². The quantitative estimate of drug-likeness (QED) is 0.178. The molecule has 34 heavy (non-hydrogen) atoms. The summed E-state index contributed by atoms with van der Waals surface area (Å²) in [5, 5.41) is 0.812. The third kappa shape index (κ3) is 7.78. The molecule has 3 aromatic rings. The van der Waals surface area contributed by atoms with Gasteiger partial charge < -0.3 is 9.64 Å². The highest BCUT2D eigenvalue weighted by Crippen LogP contribution is 2.34. The molecule has 0 saturated heterocycles. The van der Waals surface area contributed by atoms with Crippen LogP contribution < -0.4 is 9.64 Å². The Kier molecular flexibility index (Phi) is 12.6. The fraction of sp³-hybridized carbons (Fsp3) is 0.440. The lowest BCUT2D eigenvalue weighted by Crippen LogP contribution is -2.38. The maximum atomic E-state index is 13.3. The number of benzene rings is 2. The van der Waals surface area contributed by atoms with Gasteiger partial charge in [0.15, 0.2) is 5.13 Å². The summed E-state index contributed by atoms with van der Waals surface area (Å²) < 4.78 is 6.35. The van der Waals surface area contributed by atoms with Gasteiger partial charge in [-0.15, -0.1) is 35.9 Å². The molecule has 0 unspecified atom stereocenters. The number of anilines is 1. The molecule has 9 heteroatoms. The number of fused-ring (bicyclic) bond motifs is 1. The maximum absolute atomic E-state index is 13.3. The van der Waals surface area contributed by atoms with Gasteiger partial charge >= 0.3 is 0 Å². The molecule has 0 N–H and O–H groups in total. The Labute approximate surface area is 222 Å². The largest absolute Gasteiger partial charge is 0.497 e. The first-order valence-corrected chi connectivity index (χ1v) is 14.3. The number of thioether (sulfide) groups is 2. The number of ether oxygens (including phenoxy) is 1. The van der Waals surface area contributed by atoms with Crippen LogP contribution in [0, 0.1) is 0 Å². The van der Waals surface area contributed by atoms with E-state index >= 15 is 0 Å². The molecule has 1 amide bonds. The van der Waals surface area contributed by atoms with Gasteiger partial charge in [-0.1, -0.05) is 31.3 Å². The number of amides is 1. The molecular formula is C25H34ClN3O2S3. The second-order valence-corrected chi connectivity index (χ2v) is 10.5. The Morgan fingerprint density at radius 1 is 1.09 bits per heavy atom. The molecular weight excluding hydrogens is 506 g/mol. The molecule has 1 aromatic heterocycles. The monoisotopic (exact) mass is 539 g/mol. The van der Waals surface area contributed by atoms with Crippen LogP contribution in [-0.4, -0.2) is 61.1 Å². The number of halogens is 1. The SMILES string of the molecule is CCN(CC)CCN(C(=O)CCCSc1ccc(OC)cc1)c1nc2c(SC)cccc2s1.Cl. The number of methoxy groups -OCH3 is 1. The lowest BCUT2D eigenvalue weighted by atomic mass is 10.3. The van der Waals surface area contributed by atoms with Crippen LogP contribution in [0.15, 0.2) is 52.3 Å². The second-order valence-electron chi connectivity index (χ2n) is 7.50. The molecule has 186 valence electrons. The zero-order chi connectivity index (χ0) is 23.6. The maximum Gasteiger partial charge on any atom is 0.228 e. The van der Waals surface area contributed by atoms with Gasteiger partial charge in [-0.3, -0.25) is 9.69 Å². The van der Waals surface area contributed by atoms with Crippen molar-refractivity contribution in [3.05, 3.63) is 42.5 Å². The third-order valence-electron chi connectivity index (χ3n) is 5.52. The van der Waals surface area contributed by atoms with Crippen LogP contribution in [0.25, 0.3) is 10.2 Å². The molecule has 5 nitrogen and oxygen atoms in total. The number of nitrogens with zero attached hydrogens (tertiary/aromatic N) is 3. The normalized spacial score (nSPS) is 11.0. The van der Waals surface area contributed by atoms with E-state index in [2.05, 4.69) is 55.3 Å². The fourth-order valence-electron chi connectivity index (χ4n) is 3.52. The standard InChI is InChI=1S/C25H33N3O2S3.ClH/c1-5-27(6-2)16-17-28(25-26-24-21(31-4)9-7-10-22(24)33-25)23(29)11-8-18-32-20-14-12-19(30-3)13-15-20;/h7,9-10,12-15H,5-6,8,11,16-18H2,1-4H3;1H. The number of likely N-dealkylation sites (N-methyl/N-ethyl adjacent to an activating group) is 1. The van der Waals surface area contributed by atoms with Crippen LogP contribution in [0.5, 0.6) is 5.75 Å². The first-order chi connectivity index (χ1) is 16.1. The van der Waals surface area contributed by atoms with E-state index in [-0.39, 0.29) is 18.3 Å². The van der Waals surface area contributed by atoms with Crippen molar-refractivity contribution in [3.63, 3.8) is 0 Å². The number of carbonyl (C=O) groups excluding carboxylic acids is 1. The molecule has 0 aliphatic heterocycles. The summed E-state index contributed by atoms with van der Waals surface area (Å²) in [5.74, 6) is 1.92. The van der Waals surface area contributed by atoms with Gasteiger partial charge in [-0.05, 0) is 67.9 Å². The van der Waals surface area contributed by atoms with E-state index in [1.165, 1.54) is 4.90 Å². The molecule has 0 fully saturated rings. The number of thiazole rings is 1. The van der Waals surface area contributed by atoms with E-state index in [1.807, 2.05) is 17.0 Å². The molecule has 2 aromatic carbocycles. The zero-order valence-corrected chi connectivity index (χ0v) is 23.5. The van der Waals surface area contributed by atoms with Crippen LogP contribution in [0.3, 0.4) is 0 Å². The van der Waals surface area contributed by atoms with Crippen LogP contribution in [0.4, 0.5) is 5.13 Å². The second kappa shape index (κ2) is 14.8. The van der Waals surface area contributed by atoms with E-state index in [9.17, 15) is 4.79 Å². The minimum Gasteiger partial charge on any atom is -0.497 e. The van der Waals surface area contributed by atoms with Crippen LogP contribution in [0.2, 0.25) is 0 Å². The summed E-state index contributed by atoms with van der Waals surface area (Å²) in [6.45, 7) is 7.80. The Bertz CT molecular complexity index is 1030. The van der Waals surface area contributed by atoms with Crippen molar-refractivity contribution in [2.75, 3.05) is 50.2 Å². The Balaban J connectivity index is 0.00000408. The van der Waals surface area contributed by atoms with Crippen LogP contribution >= 0.6 is 47.3 Å². The predicted octanol–water partition coefficient (Wildman–Crippen LogP) is 6.70. The molecule has 0 aliphatic carbocycles. The van der Waals surface area contributed by atoms with E-state index in [0.717, 1.165) is 57.8 Å².